The number of aliphatic hydroxyl groups excluding tert-OH is 1. The third kappa shape index (κ3) is 7.74. The quantitative estimate of drug-likeness (QED) is 0.139. The summed E-state index contributed by atoms with van der Waals surface area (Å²) in [6.07, 6.45) is 4.08. The number of aromatic nitrogens is 3. The highest BCUT2D eigenvalue weighted by Gasteiger charge is 2.21. The zero-order valence-corrected chi connectivity index (χ0v) is 26.2. The predicted molar refractivity (Wildman–Crippen MR) is 173 cm³/mol. The number of benzene rings is 1. The number of anilines is 2. The summed E-state index contributed by atoms with van der Waals surface area (Å²) in [6, 6.07) is 13.0. The van der Waals surface area contributed by atoms with E-state index in [1.165, 1.54) is 0 Å². The molecule has 4 heterocycles. The van der Waals surface area contributed by atoms with Gasteiger partial charge in [0.15, 0.2) is 11.6 Å². The maximum absolute atomic E-state index is 15.3. The molecule has 0 bridgehead atoms. The number of rotatable bonds is 13. The van der Waals surface area contributed by atoms with Crippen LogP contribution in [0.5, 0.6) is 5.88 Å². The minimum atomic E-state index is -0.532. The van der Waals surface area contributed by atoms with Crippen molar-refractivity contribution in [2.24, 2.45) is 0 Å². The van der Waals surface area contributed by atoms with Crippen LogP contribution in [0.15, 0.2) is 54.9 Å². The van der Waals surface area contributed by atoms with Crippen LogP contribution in [0.4, 0.5) is 15.9 Å². The number of amides is 1. The van der Waals surface area contributed by atoms with Gasteiger partial charge in [0, 0.05) is 79.0 Å². The van der Waals surface area contributed by atoms with Gasteiger partial charge in [-0.3, -0.25) is 9.78 Å². The number of ether oxygens (including phenoxy) is 1. The number of hydrogen-bond acceptors (Lipinski definition) is 9. The minimum absolute atomic E-state index is 0.0895. The molecular weight excluding hydrogens is 597 g/mol. The molecule has 236 valence electrons. The molecule has 1 aliphatic rings. The molecule has 1 aromatic carbocycles. The number of methoxy groups -OCH3 is 1. The van der Waals surface area contributed by atoms with E-state index in [-0.39, 0.29) is 24.3 Å². The summed E-state index contributed by atoms with van der Waals surface area (Å²) >= 11 is 6.97. The van der Waals surface area contributed by atoms with Crippen LogP contribution in [-0.2, 0) is 17.9 Å². The molecule has 0 spiro atoms. The summed E-state index contributed by atoms with van der Waals surface area (Å²) in [5.74, 6) is 0.192. The normalized spacial score (nSPS) is 15.2. The lowest BCUT2D eigenvalue weighted by molar-refractivity contribution is -0.119. The Labute approximate surface area is 266 Å². The van der Waals surface area contributed by atoms with Gasteiger partial charge in [-0.2, -0.15) is 0 Å². The Morgan fingerprint density at radius 2 is 1.89 bits per heavy atom. The second-order valence-corrected chi connectivity index (χ2v) is 11.4. The molecule has 5 rings (SSSR count). The van der Waals surface area contributed by atoms with Crippen LogP contribution < -0.4 is 26.0 Å². The summed E-state index contributed by atoms with van der Waals surface area (Å²) < 4.78 is 20.9. The topological polar surface area (TPSA) is 133 Å². The monoisotopic (exact) mass is 633 g/mol. The van der Waals surface area contributed by atoms with Crippen LogP contribution in [0.3, 0.4) is 0 Å². The number of carbonyl (C=O) groups excluding carboxylic acids is 1. The molecule has 10 nitrogen and oxygen atoms in total. The second kappa shape index (κ2) is 14.7. The van der Waals surface area contributed by atoms with E-state index in [0.717, 1.165) is 23.1 Å². The lowest BCUT2D eigenvalue weighted by Crippen LogP contribution is -2.35. The zero-order valence-electron chi connectivity index (χ0n) is 25.5. The third-order valence-electron chi connectivity index (χ3n) is 7.66. The first-order chi connectivity index (χ1) is 21.7. The molecule has 0 saturated carbocycles. The van der Waals surface area contributed by atoms with Crippen LogP contribution in [0, 0.1) is 12.7 Å². The smallest absolute Gasteiger partial charge is 0.220 e. The van der Waals surface area contributed by atoms with Crippen molar-refractivity contribution in [3.8, 4) is 28.4 Å². The molecule has 1 fully saturated rings. The first kappa shape index (κ1) is 32.2. The summed E-state index contributed by atoms with van der Waals surface area (Å²) in [5, 5.41) is 22.4. The van der Waals surface area contributed by atoms with Crippen molar-refractivity contribution in [1.82, 2.24) is 30.9 Å². The van der Waals surface area contributed by atoms with Crippen LogP contribution in [0.1, 0.15) is 36.5 Å². The molecule has 1 saturated heterocycles. The van der Waals surface area contributed by atoms with E-state index in [0.29, 0.717) is 65.2 Å². The van der Waals surface area contributed by atoms with Crippen molar-refractivity contribution in [2.45, 2.75) is 51.9 Å². The average molecular weight is 634 g/mol. The van der Waals surface area contributed by atoms with Crippen molar-refractivity contribution < 1.29 is 19.0 Å². The lowest BCUT2D eigenvalue weighted by atomic mass is 10.0. The summed E-state index contributed by atoms with van der Waals surface area (Å²) in [5.41, 5.74) is 5.44. The predicted octanol–water partition coefficient (Wildman–Crippen LogP) is 4.90. The van der Waals surface area contributed by atoms with E-state index in [1.54, 1.807) is 32.5 Å². The highest BCUT2D eigenvalue weighted by Crippen LogP contribution is 2.38. The molecular formula is C33H37ClFN7O3. The van der Waals surface area contributed by atoms with E-state index in [2.05, 4.69) is 31.2 Å². The first-order valence-electron chi connectivity index (χ1n) is 14.8. The van der Waals surface area contributed by atoms with E-state index < -0.39 is 11.9 Å². The average Bonchev–Trinajstić information content (AvgIpc) is 3.45. The van der Waals surface area contributed by atoms with Gasteiger partial charge in [0.2, 0.25) is 11.8 Å². The van der Waals surface area contributed by atoms with Gasteiger partial charge in [-0.05, 0) is 50.1 Å². The van der Waals surface area contributed by atoms with Crippen molar-refractivity contribution in [2.75, 3.05) is 25.5 Å². The van der Waals surface area contributed by atoms with Crippen molar-refractivity contribution in [3.63, 3.8) is 0 Å². The summed E-state index contributed by atoms with van der Waals surface area (Å²) in [4.78, 5) is 25.0. The standard InChI is InChI=1S/C33H37ClFN7O3/c1-19(43)15-36-16-21-11-13-39-32(30(21)35)41-26-6-4-5-24(20(26)2)31-29(34)25(12-14-38-31)27-9-7-22(33(42-27)45-3)17-37-18-23-8-10-28(44)40-23/h4-7,9,11-14,19,23,36-37,43H,8,10,15-18H2,1-3H3,(H,39,41)(H,40,44)/t19-,23-/m1/s1. The molecule has 12 heteroatoms. The summed E-state index contributed by atoms with van der Waals surface area (Å²) in [6.45, 7) is 5.39. The molecule has 0 radical (unpaired) electrons. The van der Waals surface area contributed by atoms with Crippen LogP contribution in [0.2, 0.25) is 5.02 Å². The van der Waals surface area contributed by atoms with Gasteiger partial charge in [0.1, 0.15) is 0 Å². The molecule has 45 heavy (non-hydrogen) atoms. The van der Waals surface area contributed by atoms with Crippen molar-refractivity contribution in [1.29, 1.82) is 0 Å². The van der Waals surface area contributed by atoms with Gasteiger partial charge in [-0.15, -0.1) is 0 Å². The number of aliphatic hydroxyl groups is 1. The van der Waals surface area contributed by atoms with Gasteiger partial charge < -0.3 is 31.1 Å². The molecule has 0 aliphatic carbocycles. The number of nitrogens with zero attached hydrogens (tertiary/aromatic N) is 3. The van der Waals surface area contributed by atoms with Gasteiger partial charge in [-0.25, -0.2) is 14.4 Å². The maximum Gasteiger partial charge on any atom is 0.220 e. The van der Waals surface area contributed by atoms with Gasteiger partial charge >= 0.3 is 0 Å². The Hall–Kier alpha value is -4.16. The highest BCUT2D eigenvalue weighted by molar-refractivity contribution is 6.35. The third-order valence-corrected chi connectivity index (χ3v) is 8.04. The number of carbonyl (C=O) groups is 1. The largest absolute Gasteiger partial charge is 0.481 e. The molecule has 4 aromatic rings. The molecule has 2 atom stereocenters. The highest BCUT2D eigenvalue weighted by atomic mass is 35.5. The Morgan fingerprint density at radius 3 is 2.64 bits per heavy atom. The summed E-state index contributed by atoms with van der Waals surface area (Å²) in [7, 11) is 1.58. The van der Waals surface area contributed by atoms with Gasteiger partial charge in [0.25, 0.3) is 0 Å². The molecule has 3 aromatic heterocycles. The fourth-order valence-electron chi connectivity index (χ4n) is 5.25. The molecule has 5 N–H and O–H groups in total. The Morgan fingerprint density at radius 1 is 1.09 bits per heavy atom. The van der Waals surface area contributed by atoms with E-state index in [4.69, 9.17) is 21.3 Å². The van der Waals surface area contributed by atoms with Crippen molar-refractivity contribution in [3.05, 3.63) is 82.4 Å². The molecule has 0 unspecified atom stereocenters. The fourth-order valence-corrected chi connectivity index (χ4v) is 5.56. The lowest BCUT2D eigenvalue weighted by Gasteiger charge is -2.16. The number of pyridine rings is 3. The van der Waals surface area contributed by atoms with E-state index in [1.807, 2.05) is 43.3 Å². The number of nitrogens with one attached hydrogen (secondary N) is 4. The number of halogens is 2. The van der Waals surface area contributed by atoms with E-state index >= 15 is 4.39 Å². The van der Waals surface area contributed by atoms with Crippen LogP contribution >= 0.6 is 11.6 Å². The fraction of sp³-hybridized carbons (Fsp3) is 0.333. The Kier molecular flexibility index (Phi) is 10.6. The van der Waals surface area contributed by atoms with Gasteiger partial charge in [0.05, 0.1) is 29.6 Å². The Bertz CT molecular complexity index is 1670. The van der Waals surface area contributed by atoms with Crippen LogP contribution in [-0.4, -0.2) is 58.3 Å². The minimum Gasteiger partial charge on any atom is -0.481 e. The van der Waals surface area contributed by atoms with Crippen molar-refractivity contribution >= 4 is 29.0 Å². The SMILES string of the molecule is COc1nc(-c2ccnc(-c3cccc(Nc4nccc(CNC[C@@H](C)O)c4F)c3C)c2Cl)ccc1CNC[C@H]1CCC(=O)N1. The first-order valence-corrected chi connectivity index (χ1v) is 15.2. The van der Waals surface area contributed by atoms with E-state index in [9.17, 15) is 9.90 Å². The zero-order chi connectivity index (χ0) is 31.9. The molecule has 1 aliphatic heterocycles. The second-order valence-electron chi connectivity index (χ2n) is 11.0. The van der Waals surface area contributed by atoms with Gasteiger partial charge in [-0.1, -0.05) is 29.8 Å². The maximum atomic E-state index is 15.3. The number of hydrogen-bond donors (Lipinski definition) is 5. The van der Waals surface area contributed by atoms with Crippen LogP contribution in [0.25, 0.3) is 22.5 Å². The Balaban J connectivity index is 1.36. The molecule has 1 amide bonds.